The number of carbonyl (C=O) groups excluding carboxylic acids is 1. The summed E-state index contributed by atoms with van der Waals surface area (Å²) in [5.74, 6) is 1.09. The van der Waals surface area contributed by atoms with E-state index in [9.17, 15) is 4.79 Å². The van der Waals surface area contributed by atoms with Gasteiger partial charge in [0.1, 0.15) is 5.76 Å². The van der Waals surface area contributed by atoms with Crippen LogP contribution in [0.25, 0.3) is 6.08 Å². The fourth-order valence-corrected chi connectivity index (χ4v) is 2.17. The number of hydrogen-bond donors (Lipinski definition) is 0. The Labute approximate surface area is 115 Å². The molecule has 0 N–H and O–H groups in total. The number of carbonyl (C=O) groups is 1. The minimum absolute atomic E-state index is 0.0794. The molecular weight excluding hydrogens is 236 g/mol. The molecule has 0 radical (unpaired) electrons. The molecule has 2 nitrogen and oxygen atoms in total. The predicted octanol–water partition coefficient (Wildman–Crippen LogP) is 4.30. The largest absolute Gasteiger partial charge is 0.431 e. The van der Waals surface area contributed by atoms with Gasteiger partial charge in [0.15, 0.2) is 0 Å². The third-order valence-electron chi connectivity index (χ3n) is 3.50. The normalized spacial score (nSPS) is 14.3. The summed E-state index contributed by atoms with van der Waals surface area (Å²) >= 11 is 0. The summed E-state index contributed by atoms with van der Waals surface area (Å²) in [5.41, 5.74) is 3.86. The van der Waals surface area contributed by atoms with Gasteiger partial charge in [-0.3, -0.25) is 4.79 Å². The quantitative estimate of drug-likeness (QED) is 0.756. The Morgan fingerprint density at radius 3 is 2.53 bits per heavy atom. The van der Waals surface area contributed by atoms with Gasteiger partial charge in [0, 0.05) is 6.42 Å². The molecule has 2 heteroatoms. The number of allylic oxidation sites excluding steroid dienone is 1. The Balaban J connectivity index is 2.23. The second-order valence-electron chi connectivity index (χ2n) is 5.80. The van der Waals surface area contributed by atoms with Crippen LogP contribution in [0.2, 0.25) is 0 Å². The van der Waals surface area contributed by atoms with E-state index in [1.165, 1.54) is 16.7 Å². The molecule has 0 unspecified atom stereocenters. The van der Waals surface area contributed by atoms with Crippen molar-refractivity contribution in [3.63, 3.8) is 0 Å². The lowest BCUT2D eigenvalue weighted by Crippen LogP contribution is -2.13. The molecule has 1 aromatic carbocycles. The van der Waals surface area contributed by atoms with Crippen LogP contribution in [0.4, 0.5) is 0 Å². The molecule has 0 fully saturated rings. The van der Waals surface area contributed by atoms with Crippen molar-refractivity contribution < 1.29 is 9.53 Å². The van der Waals surface area contributed by atoms with E-state index in [0.717, 1.165) is 18.6 Å². The summed E-state index contributed by atoms with van der Waals surface area (Å²) in [4.78, 5) is 11.6. The molecule has 1 aliphatic carbocycles. The van der Waals surface area contributed by atoms with Gasteiger partial charge in [-0.15, -0.1) is 0 Å². The third kappa shape index (κ3) is 3.25. The number of fused-ring (bicyclic) bond motifs is 1. The van der Waals surface area contributed by atoms with E-state index in [1.54, 1.807) is 0 Å². The lowest BCUT2D eigenvalue weighted by molar-refractivity contribution is -0.143. The first-order valence-electron chi connectivity index (χ1n) is 7.02. The smallest absolute Gasteiger partial charge is 0.313 e. The minimum Gasteiger partial charge on any atom is -0.431 e. The first-order valence-corrected chi connectivity index (χ1v) is 7.02. The maximum atomic E-state index is 11.6. The van der Waals surface area contributed by atoms with E-state index in [2.05, 4.69) is 32.0 Å². The highest BCUT2D eigenvalue weighted by Gasteiger charge is 2.16. The lowest BCUT2D eigenvalue weighted by atomic mass is 9.91. The SMILES string of the molecule is CC(C)C(=O)OC1=Cc2cc(C(C)C)ccc2CC1. The van der Waals surface area contributed by atoms with E-state index >= 15 is 0 Å². The fourth-order valence-electron chi connectivity index (χ4n) is 2.17. The Morgan fingerprint density at radius 2 is 1.89 bits per heavy atom. The zero-order valence-corrected chi connectivity index (χ0v) is 12.2. The van der Waals surface area contributed by atoms with Gasteiger partial charge in [0.2, 0.25) is 0 Å². The monoisotopic (exact) mass is 258 g/mol. The molecule has 0 spiro atoms. The van der Waals surface area contributed by atoms with Gasteiger partial charge in [-0.1, -0.05) is 45.9 Å². The molecule has 1 aliphatic rings. The fraction of sp³-hybridized carbons (Fsp3) is 0.471. The van der Waals surface area contributed by atoms with E-state index in [4.69, 9.17) is 4.74 Å². The van der Waals surface area contributed by atoms with E-state index in [0.29, 0.717) is 5.92 Å². The van der Waals surface area contributed by atoms with Crippen molar-refractivity contribution in [1.29, 1.82) is 0 Å². The van der Waals surface area contributed by atoms with E-state index < -0.39 is 0 Å². The first-order chi connectivity index (χ1) is 8.97. The molecule has 0 aromatic heterocycles. The van der Waals surface area contributed by atoms with Crippen LogP contribution in [0.1, 0.15) is 56.7 Å². The van der Waals surface area contributed by atoms with Gasteiger partial charge in [0.05, 0.1) is 5.92 Å². The van der Waals surface area contributed by atoms with Crippen LogP contribution >= 0.6 is 0 Å². The summed E-state index contributed by atoms with van der Waals surface area (Å²) in [5, 5.41) is 0. The molecule has 0 saturated heterocycles. The Kier molecular flexibility index (Phi) is 4.08. The van der Waals surface area contributed by atoms with Crippen molar-refractivity contribution in [2.75, 3.05) is 0 Å². The number of benzene rings is 1. The standard InChI is InChI=1S/C17H22O2/c1-11(2)14-6-5-13-7-8-16(10-15(13)9-14)19-17(18)12(3)4/h5-6,9-12H,7-8H2,1-4H3. The van der Waals surface area contributed by atoms with E-state index in [-0.39, 0.29) is 11.9 Å². The summed E-state index contributed by atoms with van der Waals surface area (Å²) in [7, 11) is 0. The number of esters is 1. The van der Waals surface area contributed by atoms with Crippen molar-refractivity contribution in [1.82, 2.24) is 0 Å². The molecule has 102 valence electrons. The van der Waals surface area contributed by atoms with Gasteiger partial charge in [-0.2, -0.15) is 0 Å². The highest BCUT2D eigenvalue weighted by Crippen LogP contribution is 2.28. The highest BCUT2D eigenvalue weighted by molar-refractivity contribution is 5.74. The van der Waals surface area contributed by atoms with Crippen molar-refractivity contribution in [3.8, 4) is 0 Å². The average molecular weight is 258 g/mol. The van der Waals surface area contributed by atoms with Gasteiger partial charge in [-0.25, -0.2) is 0 Å². The molecule has 0 heterocycles. The van der Waals surface area contributed by atoms with Crippen molar-refractivity contribution >= 4 is 12.0 Å². The summed E-state index contributed by atoms with van der Waals surface area (Å²) in [6.07, 6.45) is 3.78. The van der Waals surface area contributed by atoms with Gasteiger partial charge in [-0.05, 0) is 35.1 Å². The molecule has 0 atom stereocenters. The second kappa shape index (κ2) is 5.60. The topological polar surface area (TPSA) is 26.3 Å². The van der Waals surface area contributed by atoms with Crippen LogP contribution < -0.4 is 0 Å². The van der Waals surface area contributed by atoms with Gasteiger partial charge < -0.3 is 4.74 Å². The summed E-state index contributed by atoms with van der Waals surface area (Å²) < 4.78 is 5.43. The van der Waals surface area contributed by atoms with Crippen LogP contribution in [0.5, 0.6) is 0 Å². The molecule has 2 rings (SSSR count). The third-order valence-corrected chi connectivity index (χ3v) is 3.50. The van der Waals surface area contributed by atoms with Crippen molar-refractivity contribution in [2.24, 2.45) is 5.92 Å². The highest BCUT2D eigenvalue weighted by atomic mass is 16.5. The van der Waals surface area contributed by atoms with Gasteiger partial charge in [0.25, 0.3) is 0 Å². The molecule has 1 aromatic rings. The zero-order valence-electron chi connectivity index (χ0n) is 12.2. The lowest BCUT2D eigenvalue weighted by Gasteiger charge is -2.18. The van der Waals surface area contributed by atoms with Crippen LogP contribution in [0, 0.1) is 5.92 Å². The predicted molar refractivity (Wildman–Crippen MR) is 77.8 cm³/mol. The molecule has 0 amide bonds. The van der Waals surface area contributed by atoms with Crippen molar-refractivity contribution in [3.05, 3.63) is 40.6 Å². The van der Waals surface area contributed by atoms with E-state index in [1.807, 2.05) is 19.9 Å². The molecule has 0 saturated carbocycles. The second-order valence-corrected chi connectivity index (χ2v) is 5.80. The Hall–Kier alpha value is -1.57. The first kappa shape index (κ1) is 13.9. The molecular formula is C17H22O2. The minimum atomic E-state index is -0.144. The van der Waals surface area contributed by atoms with Crippen molar-refractivity contribution in [2.45, 2.75) is 46.5 Å². The van der Waals surface area contributed by atoms with Gasteiger partial charge >= 0.3 is 5.97 Å². The van der Waals surface area contributed by atoms with Crippen LogP contribution in [-0.2, 0) is 16.0 Å². The maximum absolute atomic E-state index is 11.6. The average Bonchev–Trinajstić information content (AvgIpc) is 2.37. The van der Waals surface area contributed by atoms with Crippen LogP contribution in [0.3, 0.4) is 0 Å². The Morgan fingerprint density at radius 1 is 1.16 bits per heavy atom. The number of aryl methyl sites for hydroxylation is 1. The summed E-state index contributed by atoms with van der Waals surface area (Å²) in [6, 6.07) is 6.60. The molecule has 0 aliphatic heterocycles. The maximum Gasteiger partial charge on any atom is 0.313 e. The zero-order chi connectivity index (χ0) is 14.0. The van der Waals surface area contributed by atoms with Crippen LogP contribution in [0.15, 0.2) is 24.0 Å². The molecule has 19 heavy (non-hydrogen) atoms. The number of hydrogen-bond acceptors (Lipinski definition) is 2. The van der Waals surface area contributed by atoms with Crippen LogP contribution in [-0.4, -0.2) is 5.97 Å². The molecule has 0 bridgehead atoms. The Bertz CT molecular complexity index is 510. The summed E-state index contributed by atoms with van der Waals surface area (Å²) in [6.45, 7) is 8.09. The number of rotatable bonds is 3. The number of ether oxygens (including phenoxy) is 1.